The van der Waals surface area contributed by atoms with Crippen molar-refractivity contribution in [3.8, 4) is 0 Å². The van der Waals surface area contributed by atoms with Crippen LogP contribution in [-0.2, 0) is 6.54 Å². The minimum absolute atomic E-state index is 0.218. The topological polar surface area (TPSA) is 61.6 Å². The van der Waals surface area contributed by atoms with Gasteiger partial charge in [0, 0.05) is 44.3 Å². The van der Waals surface area contributed by atoms with E-state index in [1.807, 2.05) is 42.6 Å². The average Bonchev–Trinajstić information content (AvgIpc) is 3.11. The molecular formula is C20H22N4O2. The van der Waals surface area contributed by atoms with E-state index >= 15 is 0 Å². The van der Waals surface area contributed by atoms with Gasteiger partial charge in [0.15, 0.2) is 5.76 Å². The third kappa shape index (κ3) is 3.55. The van der Waals surface area contributed by atoms with Crippen LogP contribution in [0.3, 0.4) is 0 Å². The van der Waals surface area contributed by atoms with E-state index in [1.165, 1.54) is 0 Å². The number of fused-ring (bicyclic) bond motifs is 1. The molecular weight excluding hydrogens is 328 g/mol. The summed E-state index contributed by atoms with van der Waals surface area (Å²) in [5.41, 5.74) is 1.68. The summed E-state index contributed by atoms with van der Waals surface area (Å²) in [6.07, 6.45) is 1.83. The molecule has 6 nitrogen and oxygen atoms in total. The third-order valence-electron chi connectivity index (χ3n) is 4.74. The maximum atomic E-state index is 12.3. The zero-order valence-electron chi connectivity index (χ0n) is 14.8. The van der Waals surface area contributed by atoms with Crippen LogP contribution in [0, 0.1) is 0 Å². The Hall–Kier alpha value is -2.86. The summed E-state index contributed by atoms with van der Waals surface area (Å²) in [5.74, 6) is 1.10. The Bertz CT molecular complexity index is 863. The number of benzene rings is 1. The molecule has 3 aromatic rings. The number of furan rings is 1. The summed E-state index contributed by atoms with van der Waals surface area (Å²) in [6.45, 7) is 4.51. The number of likely N-dealkylation sites (N-methyl/N-ethyl adjacent to an activating group) is 1. The second-order valence-corrected chi connectivity index (χ2v) is 6.65. The van der Waals surface area contributed by atoms with Gasteiger partial charge in [-0.05, 0) is 30.8 Å². The molecule has 0 atom stereocenters. The van der Waals surface area contributed by atoms with Crippen molar-refractivity contribution in [2.75, 3.05) is 38.1 Å². The molecule has 1 aliphatic heterocycles. The Labute approximate surface area is 152 Å². The maximum Gasteiger partial charge on any atom is 0.287 e. The summed E-state index contributed by atoms with van der Waals surface area (Å²) in [4.78, 5) is 21.4. The van der Waals surface area contributed by atoms with Crippen LogP contribution in [0.15, 0.2) is 53.1 Å². The smallest absolute Gasteiger partial charge is 0.287 e. The van der Waals surface area contributed by atoms with Gasteiger partial charge in [0.1, 0.15) is 11.4 Å². The van der Waals surface area contributed by atoms with Crippen LogP contribution in [0.1, 0.15) is 16.1 Å². The van der Waals surface area contributed by atoms with Gasteiger partial charge in [-0.25, -0.2) is 4.98 Å². The normalized spacial score (nSPS) is 15.3. The molecule has 0 saturated carbocycles. The largest absolute Gasteiger partial charge is 0.451 e. The van der Waals surface area contributed by atoms with Crippen molar-refractivity contribution in [2.24, 2.45) is 0 Å². The first-order valence-corrected chi connectivity index (χ1v) is 8.84. The standard InChI is InChI=1S/C20H22N4O2/c1-23-8-10-24(11-9-23)19-7-6-15(13-21-19)14-22-20(25)18-12-16-4-2-3-5-17(16)26-18/h2-7,12-13H,8-11,14H2,1H3,(H,22,25). The van der Waals surface area contributed by atoms with Gasteiger partial charge in [0.25, 0.3) is 5.91 Å². The van der Waals surface area contributed by atoms with Crippen LogP contribution >= 0.6 is 0 Å². The van der Waals surface area contributed by atoms with Crippen molar-refractivity contribution in [3.05, 3.63) is 60.0 Å². The minimum atomic E-state index is -0.218. The molecule has 26 heavy (non-hydrogen) atoms. The molecule has 6 heteroatoms. The van der Waals surface area contributed by atoms with E-state index in [9.17, 15) is 4.79 Å². The van der Waals surface area contributed by atoms with Crippen molar-refractivity contribution in [1.29, 1.82) is 0 Å². The van der Waals surface area contributed by atoms with Gasteiger partial charge in [-0.2, -0.15) is 0 Å². The van der Waals surface area contributed by atoms with Gasteiger partial charge in [0.2, 0.25) is 0 Å². The van der Waals surface area contributed by atoms with Gasteiger partial charge in [-0.1, -0.05) is 24.3 Å². The van der Waals surface area contributed by atoms with Crippen molar-refractivity contribution < 1.29 is 9.21 Å². The predicted octanol–water partition coefficient (Wildman–Crippen LogP) is 2.51. The molecule has 1 saturated heterocycles. The van der Waals surface area contributed by atoms with E-state index < -0.39 is 0 Å². The Kier molecular flexibility index (Phi) is 4.58. The monoisotopic (exact) mass is 350 g/mol. The van der Waals surface area contributed by atoms with Crippen LogP contribution in [0.4, 0.5) is 5.82 Å². The van der Waals surface area contributed by atoms with E-state index in [1.54, 1.807) is 6.07 Å². The number of carbonyl (C=O) groups excluding carboxylic acids is 1. The molecule has 1 N–H and O–H groups in total. The Morgan fingerprint density at radius 2 is 1.96 bits per heavy atom. The molecule has 3 heterocycles. The lowest BCUT2D eigenvalue weighted by molar-refractivity contribution is 0.0925. The van der Waals surface area contributed by atoms with Gasteiger partial charge in [-0.15, -0.1) is 0 Å². The SMILES string of the molecule is CN1CCN(c2ccc(CNC(=O)c3cc4ccccc4o3)cn2)CC1. The van der Waals surface area contributed by atoms with Crippen LogP contribution < -0.4 is 10.2 Å². The van der Waals surface area contributed by atoms with Crippen LogP contribution in [-0.4, -0.2) is 49.0 Å². The third-order valence-corrected chi connectivity index (χ3v) is 4.74. The van der Waals surface area contributed by atoms with Crippen molar-refractivity contribution in [1.82, 2.24) is 15.2 Å². The lowest BCUT2D eigenvalue weighted by Crippen LogP contribution is -2.44. The summed E-state index contributed by atoms with van der Waals surface area (Å²) in [6, 6.07) is 13.4. The van der Waals surface area contributed by atoms with Crippen molar-refractivity contribution in [2.45, 2.75) is 6.54 Å². The summed E-state index contributed by atoms with van der Waals surface area (Å²) in [7, 11) is 2.14. The number of piperazine rings is 1. The summed E-state index contributed by atoms with van der Waals surface area (Å²) < 4.78 is 5.59. The maximum absolute atomic E-state index is 12.3. The molecule has 4 rings (SSSR count). The number of hydrogen-bond acceptors (Lipinski definition) is 5. The van der Waals surface area contributed by atoms with Crippen LogP contribution in [0.2, 0.25) is 0 Å². The lowest BCUT2D eigenvalue weighted by atomic mass is 10.2. The Balaban J connectivity index is 1.36. The first kappa shape index (κ1) is 16.6. The lowest BCUT2D eigenvalue weighted by Gasteiger charge is -2.33. The quantitative estimate of drug-likeness (QED) is 0.783. The molecule has 0 aliphatic carbocycles. The number of para-hydroxylation sites is 1. The molecule has 0 bridgehead atoms. The molecule has 134 valence electrons. The number of amides is 1. The van der Waals surface area contributed by atoms with Gasteiger partial charge >= 0.3 is 0 Å². The highest BCUT2D eigenvalue weighted by Gasteiger charge is 2.15. The molecule has 0 radical (unpaired) electrons. The molecule has 1 aliphatic rings. The summed E-state index contributed by atoms with van der Waals surface area (Å²) in [5, 5.41) is 3.81. The number of nitrogens with one attached hydrogen (secondary N) is 1. The second-order valence-electron chi connectivity index (χ2n) is 6.65. The minimum Gasteiger partial charge on any atom is -0.451 e. The van der Waals surface area contributed by atoms with Crippen molar-refractivity contribution >= 4 is 22.7 Å². The van der Waals surface area contributed by atoms with Gasteiger partial charge in [-0.3, -0.25) is 4.79 Å². The van der Waals surface area contributed by atoms with E-state index in [-0.39, 0.29) is 5.91 Å². The molecule has 1 aromatic carbocycles. The molecule has 1 amide bonds. The molecule has 1 fully saturated rings. The number of pyridine rings is 1. The van der Waals surface area contributed by atoms with E-state index in [0.29, 0.717) is 12.3 Å². The average molecular weight is 350 g/mol. The number of aromatic nitrogens is 1. The highest BCUT2D eigenvalue weighted by atomic mass is 16.3. The van der Waals surface area contributed by atoms with E-state index in [4.69, 9.17) is 4.42 Å². The highest BCUT2D eigenvalue weighted by Crippen LogP contribution is 2.19. The van der Waals surface area contributed by atoms with E-state index in [2.05, 4.69) is 27.1 Å². The fourth-order valence-corrected chi connectivity index (χ4v) is 3.11. The number of carbonyl (C=O) groups is 1. The summed E-state index contributed by atoms with van der Waals surface area (Å²) >= 11 is 0. The second kappa shape index (κ2) is 7.17. The zero-order valence-corrected chi connectivity index (χ0v) is 14.8. The first-order valence-electron chi connectivity index (χ1n) is 8.84. The molecule has 0 unspecified atom stereocenters. The van der Waals surface area contributed by atoms with Crippen LogP contribution in [0.25, 0.3) is 11.0 Å². The predicted molar refractivity (Wildman–Crippen MR) is 101 cm³/mol. The number of rotatable bonds is 4. The molecule has 0 spiro atoms. The van der Waals surface area contributed by atoms with Crippen molar-refractivity contribution in [3.63, 3.8) is 0 Å². The fourth-order valence-electron chi connectivity index (χ4n) is 3.11. The number of hydrogen-bond donors (Lipinski definition) is 1. The Morgan fingerprint density at radius 1 is 1.15 bits per heavy atom. The Morgan fingerprint density at radius 3 is 2.69 bits per heavy atom. The number of nitrogens with zero attached hydrogens (tertiary/aromatic N) is 3. The zero-order chi connectivity index (χ0) is 17.9. The van der Waals surface area contributed by atoms with Gasteiger partial charge < -0.3 is 19.5 Å². The highest BCUT2D eigenvalue weighted by molar-refractivity contribution is 5.96. The molecule has 2 aromatic heterocycles. The fraction of sp³-hybridized carbons (Fsp3) is 0.300. The van der Waals surface area contributed by atoms with Gasteiger partial charge in [0.05, 0.1) is 0 Å². The van der Waals surface area contributed by atoms with E-state index in [0.717, 1.165) is 48.5 Å². The van der Waals surface area contributed by atoms with Crippen LogP contribution in [0.5, 0.6) is 0 Å². The number of anilines is 1. The first-order chi connectivity index (χ1) is 12.7.